The Kier molecular flexibility index (Phi) is 3.78. The van der Waals surface area contributed by atoms with Gasteiger partial charge in [-0.25, -0.2) is 0 Å². The van der Waals surface area contributed by atoms with E-state index in [0.717, 1.165) is 30.3 Å². The van der Waals surface area contributed by atoms with Gasteiger partial charge in [0, 0.05) is 36.7 Å². The summed E-state index contributed by atoms with van der Waals surface area (Å²) in [7, 11) is 0. The fraction of sp³-hybridized carbons (Fsp3) is 0.615. The molecule has 0 bridgehead atoms. The van der Waals surface area contributed by atoms with E-state index in [1.54, 1.807) is 12.4 Å². The Bertz CT molecular complexity index is 336. The minimum absolute atomic E-state index is 0.0737. The smallest absolute Gasteiger partial charge is 0.0717 e. The van der Waals surface area contributed by atoms with E-state index in [1.165, 1.54) is 19.3 Å². The third-order valence-corrected chi connectivity index (χ3v) is 3.47. The highest BCUT2D eigenvalue weighted by atomic mass is 16.3. The van der Waals surface area contributed by atoms with Gasteiger partial charge in [0.1, 0.15) is 0 Å². The van der Waals surface area contributed by atoms with Crippen molar-refractivity contribution < 1.29 is 5.11 Å². The summed E-state index contributed by atoms with van der Waals surface area (Å²) < 4.78 is 0. The summed E-state index contributed by atoms with van der Waals surface area (Å²) in [6.45, 7) is 4.35. The quantitative estimate of drug-likeness (QED) is 0.826. The lowest BCUT2D eigenvalue weighted by atomic mass is 9.85. The van der Waals surface area contributed by atoms with Crippen molar-refractivity contribution >= 4 is 5.69 Å². The molecule has 0 unspecified atom stereocenters. The van der Waals surface area contributed by atoms with E-state index < -0.39 is 0 Å². The Morgan fingerprint density at radius 3 is 2.88 bits per heavy atom. The van der Waals surface area contributed by atoms with Gasteiger partial charge in [0.15, 0.2) is 0 Å². The topological polar surface area (TPSA) is 36.4 Å². The van der Waals surface area contributed by atoms with Gasteiger partial charge in [-0.3, -0.25) is 4.98 Å². The zero-order valence-electron chi connectivity index (χ0n) is 9.89. The predicted octanol–water partition coefficient (Wildman–Crippen LogP) is 2.20. The van der Waals surface area contributed by atoms with E-state index in [1.807, 2.05) is 6.07 Å². The lowest BCUT2D eigenvalue weighted by molar-refractivity contribution is 0.280. The number of aliphatic hydroxyl groups excluding tert-OH is 1. The lowest BCUT2D eigenvalue weighted by Gasteiger charge is -2.33. The average molecular weight is 220 g/mol. The minimum Gasteiger partial charge on any atom is -0.392 e. The van der Waals surface area contributed by atoms with E-state index in [-0.39, 0.29) is 6.61 Å². The fourth-order valence-electron chi connectivity index (χ4n) is 2.23. The highest BCUT2D eigenvalue weighted by Crippen LogP contribution is 2.29. The molecule has 0 saturated heterocycles. The minimum atomic E-state index is 0.0737. The van der Waals surface area contributed by atoms with Crippen LogP contribution in [0.4, 0.5) is 5.69 Å². The van der Waals surface area contributed by atoms with Crippen LogP contribution in [0.1, 0.15) is 31.7 Å². The molecule has 3 heteroatoms. The molecule has 1 heterocycles. The second kappa shape index (κ2) is 5.30. The zero-order chi connectivity index (χ0) is 11.4. The number of anilines is 1. The van der Waals surface area contributed by atoms with E-state index >= 15 is 0 Å². The summed E-state index contributed by atoms with van der Waals surface area (Å²) >= 11 is 0. The van der Waals surface area contributed by atoms with Crippen LogP contribution < -0.4 is 4.90 Å². The van der Waals surface area contributed by atoms with Crippen molar-refractivity contribution in [2.75, 3.05) is 18.0 Å². The van der Waals surface area contributed by atoms with Crippen molar-refractivity contribution in [3.05, 3.63) is 24.0 Å². The second-order valence-corrected chi connectivity index (χ2v) is 4.50. The van der Waals surface area contributed by atoms with Gasteiger partial charge in [0.25, 0.3) is 0 Å². The second-order valence-electron chi connectivity index (χ2n) is 4.50. The number of pyridine rings is 1. The van der Waals surface area contributed by atoms with Crippen LogP contribution in [0.2, 0.25) is 0 Å². The summed E-state index contributed by atoms with van der Waals surface area (Å²) in [5, 5.41) is 9.30. The maximum atomic E-state index is 9.30. The molecule has 0 amide bonds. The maximum absolute atomic E-state index is 9.30. The third-order valence-electron chi connectivity index (χ3n) is 3.47. The van der Waals surface area contributed by atoms with Crippen molar-refractivity contribution in [3.8, 4) is 0 Å². The largest absolute Gasteiger partial charge is 0.392 e. The van der Waals surface area contributed by atoms with Crippen LogP contribution in [-0.4, -0.2) is 23.2 Å². The molecule has 88 valence electrons. The van der Waals surface area contributed by atoms with Gasteiger partial charge in [0.05, 0.1) is 6.61 Å². The van der Waals surface area contributed by atoms with Gasteiger partial charge >= 0.3 is 0 Å². The highest BCUT2D eigenvalue weighted by molar-refractivity contribution is 5.51. The van der Waals surface area contributed by atoms with Gasteiger partial charge in [0.2, 0.25) is 0 Å². The molecule has 1 aromatic rings. The van der Waals surface area contributed by atoms with Crippen molar-refractivity contribution in [1.29, 1.82) is 0 Å². The summed E-state index contributed by atoms with van der Waals surface area (Å²) in [6.07, 6.45) is 7.66. The van der Waals surface area contributed by atoms with Gasteiger partial charge < -0.3 is 10.0 Å². The van der Waals surface area contributed by atoms with Crippen LogP contribution in [0, 0.1) is 5.92 Å². The first-order valence-electron chi connectivity index (χ1n) is 6.13. The van der Waals surface area contributed by atoms with Crippen LogP contribution >= 0.6 is 0 Å². The normalized spacial score (nSPS) is 15.9. The highest BCUT2D eigenvalue weighted by Gasteiger charge is 2.21. The van der Waals surface area contributed by atoms with Gasteiger partial charge in [-0.05, 0) is 31.7 Å². The number of hydrogen-bond acceptors (Lipinski definition) is 3. The number of hydrogen-bond donors (Lipinski definition) is 1. The van der Waals surface area contributed by atoms with E-state index in [4.69, 9.17) is 0 Å². The van der Waals surface area contributed by atoms with Crippen LogP contribution in [-0.2, 0) is 6.61 Å². The molecule has 1 aromatic heterocycles. The number of rotatable bonds is 5. The molecule has 1 aliphatic rings. The van der Waals surface area contributed by atoms with E-state index in [9.17, 15) is 5.11 Å². The molecule has 1 aliphatic carbocycles. The Hall–Kier alpha value is -1.09. The standard InChI is InChI=1S/C13H20N2O/c1-2-15(9-11-4-3-5-11)13-6-7-14-8-12(13)10-16/h6-8,11,16H,2-5,9-10H2,1H3. The SMILES string of the molecule is CCN(CC1CCC1)c1ccncc1CO. The van der Waals surface area contributed by atoms with Crippen molar-refractivity contribution in [3.63, 3.8) is 0 Å². The molecule has 2 rings (SSSR count). The van der Waals surface area contributed by atoms with Crippen LogP contribution in [0.15, 0.2) is 18.5 Å². The van der Waals surface area contributed by atoms with Gasteiger partial charge in [-0.1, -0.05) is 6.42 Å². The first-order chi connectivity index (χ1) is 7.85. The van der Waals surface area contributed by atoms with Gasteiger partial charge in [-0.15, -0.1) is 0 Å². The molecule has 0 spiro atoms. The number of aliphatic hydroxyl groups is 1. The fourth-order valence-corrected chi connectivity index (χ4v) is 2.23. The summed E-state index contributed by atoms with van der Waals surface area (Å²) in [5.41, 5.74) is 2.08. The Morgan fingerprint density at radius 1 is 1.50 bits per heavy atom. The Morgan fingerprint density at radius 2 is 2.31 bits per heavy atom. The van der Waals surface area contributed by atoms with E-state index in [2.05, 4.69) is 16.8 Å². The molecule has 3 nitrogen and oxygen atoms in total. The number of nitrogens with zero attached hydrogens (tertiary/aromatic N) is 2. The summed E-state index contributed by atoms with van der Waals surface area (Å²) in [5.74, 6) is 0.847. The molecule has 1 saturated carbocycles. The molecule has 0 aliphatic heterocycles. The molecular weight excluding hydrogens is 200 g/mol. The predicted molar refractivity (Wildman–Crippen MR) is 65.4 cm³/mol. The van der Waals surface area contributed by atoms with Crippen molar-refractivity contribution in [1.82, 2.24) is 4.98 Å². The number of aromatic nitrogens is 1. The van der Waals surface area contributed by atoms with E-state index in [0.29, 0.717) is 0 Å². The Balaban J connectivity index is 2.11. The molecule has 16 heavy (non-hydrogen) atoms. The zero-order valence-corrected chi connectivity index (χ0v) is 9.89. The van der Waals surface area contributed by atoms with Crippen LogP contribution in [0.5, 0.6) is 0 Å². The van der Waals surface area contributed by atoms with Crippen LogP contribution in [0.25, 0.3) is 0 Å². The van der Waals surface area contributed by atoms with Crippen LogP contribution in [0.3, 0.4) is 0 Å². The molecule has 0 atom stereocenters. The van der Waals surface area contributed by atoms with Crippen molar-refractivity contribution in [2.45, 2.75) is 32.8 Å². The summed E-state index contributed by atoms with van der Waals surface area (Å²) in [6, 6.07) is 2.01. The molecule has 1 fully saturated rings. The molecule has 0 radical (unpaired) electrons. The molecular formula is C13H20N2O. The Labute approximate surface area is 97.1 Å². The first kappa shape index (κ1) is 11.4. The molecule has 1 N–H and O–H groups in total. The monoisotopic (exact) mass is 220 g/mol. The molecule has 0 aromatic carbocycles. The lowest BCUT2D eigenvalue weighted by Crippen LogP contribution is -2.33. The van der Waals surface area contributed by atoms with Crippen molar-refractivity contribution in [2.24, 2.45) is 5.92 Å². The van der Waals surface area contributed by atoms with Gasteiger partial charge in [-0.2, -0.15) is 0 Å². The maximum Gasteiger partial charge on any atom is 0.0717 e. The average Bonchev–Trinajstić information content (AvgIpc) is 2.28. The first-order valence-corrected chi connectivity index (χ1v) is 6.13. The third kappa shape index (κ3) is 2.35. The summed E-state index contributed by atoms with van der Waals surface area (Å²) in [4.78, 5) is 6.42.